The van der Waals surface area contributed by atoms with Crippen LogP contribution < -0.4 is 5.32 Å². The predicted octanol–water partition coefficient (Wildman–Crippen LogP) is 2.14. The van der Waals surface area contributed by atoms with Crippen LogP contribution in [-0.4, -0.2) is 12.1 Å². The molecule has 1 aromatic rings. The van der Waals surface area contributed by atoms with Crippen LogP contribution in [0.15, 0.2) is 11.1 Å². The van der Waals surface area contributed by atoms with E-state index in [0.717, 1.165) is 37.8 Å². The van der Waals surface area contributed by atoms with Crippen molar-refractivity contribution in [3.05, 3.63) is 28.3 Å². The molecular formula is C13H12N2O2. The number of nitrogens with one attached hydrogen (secondary N) is 1. The van der Waals surface area contributed by atoms with Gasteiger partial charge in [-0.2, -0.15) is 0 Å². The summed E-state index contributed by atoms with van der Waals surface area (Å²) in [6.45, 7) is 0. The highest BCUT2D eigenvalue weighted by Gasteiger charge is 2.26. The quantitative estimate of drug-likeness (QED) is 0.591. The first-order valence-corrected chi connectivity index (χ1v) is 5.85. The molecule has 0 aliphatic heterocycles. The number of fused-ring (bicyclic) bond motifs is 2. The van der Waals surface area contributed by atoms with Crippen LogP contribution in [-0.2, 0) is 30.5 Å². The van der Waals surface area contributed by atoms with Gasteiger partial charge in [0.1, 0.15) is 0 Å². The normalized spacial score (nSPS) is 15.3. The minimum atomic E-state index is -0.616. The first-order valence-electron chi connectivity index (χ1n) is 5.85. The number of amides is 2. The van der Waals surface area contributed by atoms with Crippen LogP contribution in [0.1, 0.15) is 28.7 Å². The molecule has 1 N–H and O–H groups in total. The van der Waals surface area contributed by atoms with E-state index in [1.54, 1.807) is 0 Å². The molecule has 0 bridgehead atoms. The molecule has 3 rings (SSSR count). The SMILES string of the molecule is O=C=NC(=O)Nc1c2c(cc3c1CC3)CCC2. The van der Waals surface area contributed by atoms with Crippen molar-refractivity contribution in [3.63, 3.8) is 0 Å². The number of carbonyl (C=O) groups excluding carboxylic acids is 2. The number of anilines is 1. The van der Waals surface area contributed by atoms with Gasteiger partial charge in [0.15, 0.2) is 0 Å². The molecule has 2 amide bonds. The third-order valence-electron chi connectivity index (χ3n) is 3.62. The zero-order valence-electron chi connectivity index (χ0n) is 9.38. The van der Waals surface area contributed by atoms with Gasteiger partial charge in [-0.05, 0) is 54.4 Å². The van der Waals surface area contributed by atoms with Crippen LogP contribution in [0.4, 0.5) is 10.5 Å². The van der Waals surface area contributed by atoms with E-state index in [0.29, 0.717) is 0 Å². The van der Waals surface area contributed by atoms with Gasteiger partial charge in [-0.1, -0.05) is 6.07 Å². The van der Waals surface area contributed by atoms with Gasteiger partial charge >= 0.3 is 6.03 Å². The Morgan fingerprint density at radius 3 is 2.65 bits per heavy atom. The summed E-state index contributed by atoms with van der Waals surface area (Å²) in [6.07, 6.45) is 6.58. The zero-order chi connectivity index (χ0) is 11.8. The fraction of sp³-hybridized carbons (Fsp3) is 0.385. The summed E-state index contributed by atoms with van der Waals surface area (Å²) in [7, 11) is 0. The number of nitrogens with zero attached hydrogens (tertiary/aromatic N) is 1. The maximum absolute atomic E-state index is 11.4. The Labute approximate surface area is 98.7 Å². The molecule has 1 aromatic carbocycles. The molecule has 0 atom stereocenters. The van der Waals surface area contributed by atoms with Crippen LogP contribution in [0, 0.1) is 0 Å². The number of hydrogen-bond acceptors (Lipinski definition) is 2. The van der Waals surface area contributed by atoms with Gasteiger partial charge in [-0.25, -0.2) is 9.59 Å². The molecule has 0 saturated heterocycles. The number of rotatable bonds is 1. The van der Waals surface area contributed by atoms with E-state index >= 15 is 0 Å². The lowest BCUT2D eigenvalue weighted by Gasteiger charge is -2.25. The molecule has 2 aliphatic carbocycles. The van der Waals surface area contributed by atoms with Crippen molar-refractivity contribution in [2.75, 3.05) is 5.32 Å². The van der Waals surface area contributed by atoms with Crippen LogP contribution >= 0.6 is 0 Å². The Kier molecular flexibility index (Phi) is 2.30. The number of carbonyl (C=O) groups is 1. The van der Waals surface area contributed by atoms with Crippen molar-refractivity contribution < 1.29 is 9.59 Å². The highest BCUT2D eigenvalue weighted by atomic mass is 16.2. The van der Waals surface area contributed by atoms with E-state index in [1.807, 2.05) is 0 Å². The first-order chi connectivity index (χ1) is 8.29. The Bertz CT molecular complexity index is 557. The number of isocyanates is 1. The van der Waals surface area contributed by atoms with Crippen molar-refractivity contribution in [2.45, 2.75) is 32.1 Å². The highest BCUT2D eigenvalue weighted by molar-refractivity contribution is 5.95. The second-order valence-electron chi connectivity index (χ2n) is 4.51. The molecule has 2 aliphatic rings. The van der Waals surface area contributed by atoms with Gasteiger partial charge in [0.25, 0.3) is 0 Å². The fourth-order valence-corrected chi connectivity index (χ4v) is 2.77. The van der Waals surface area contributed by atoms with E-state index in [-0.39, 0.29) is 0 Å². The number of benzene rings is 1. The van der Waals surface area contributed by atoms with Crippen molar-refractivity contribution in [1.82, 2.24) is 0 Å². The second kappa shape index (κ2) is 3.82. The van der Waals surface area contributed by atoms with Gasteiger partial charge < -0.3 is 5.32 Å². The molecule has 86 valence electrons. The van der Waals surface area contributed by atoms with E-state index in [4.69, 9.17) is 0 Å². The summed E-state index contributed by atoms with van der Waals surface area (Å²) >= 11 is 0. The molecule has 0 unspecified atom stereocenters. The molecule has 17 heavy (non-hydrogen) atoms. The third-order valence-corrected chi connectivity index (χ3v) is 3.62. The summed E-state index contributed by atoms with van der Waals surface area (Å²) in [5.74, 6) is 0. The number of aryl methyl sites for hydroxylation is 2. The molecule has 0 saturated carbocycles. The molecule has 0 aromatic heterocycles. The molecule has 0 fully saturated rings. The number of aliphatic imine (C=N–C) groups is 1. The molecule has 0 spiro atoms. The van der Waals surface area contributed by atoms with Gasteiger partial charge in [0, 0.05) is 5.69 Å². The summed E-state index contributed by atoms with van der Waals surface area (Å²) in [4.78, 5) is 24.5. The first kappa shape index (κ1) is 10.2. The van der Waals surface area contributed by atoms with Gasteiger partial charge in [-0.15, -0.1) is 4.99 Å². The lowest BCUT2D eigenvalue weighted by molar-refractivity contribution is 0.259. The van der Waals surface area contributed by atoms with Gasteiger partial charge in [0.05, 0.1) is 0 Å². The van der Waals surface area contributed by atoms with Crippen LogP contribution in [0.3, 0.4) is 0 Å². The van der Waals surface area contributed by atoms with E-state index in [1.165, 1.54) is 28.3 Å². The van der Waals surface area contributed by atoms with Crippen LogP contribution in [0.2, 0.25) is 0 Å². The molecule has 4 heteroatoms. The standard InChI is InChI=1S/C13H12N2O2/c16-7-14-13(17)15-12-10-3-1-2-8(10)6-9-4-5-11(9)12/h6H,1-5H2,(H,15,17). The molecule has 0 radical (unpaired) electrons. The number of urea groups is 1. The van der Waals surface area contributed by atoms with Crippen LogP contribution in [0.5, 0.6) is 0 Å². The summed E-state index contributed by atoms with van der Waals surface area (Å²) in [6, 6.07) is 1.65. The Morgan fingerprint density at radius 1 is 1.18 bits per heavy atom. The summed E-state index contributed by atoms with van der Waals surface area (Å²) in [5, 5.41) is 2.74. The average Bonchev–Trinajstić information content (AvgIpc) is 2.71. The second-order valence-corrected chi connectivity index (χ2v) is 4.51. The largest absolute Gasteiger partial charge is 0.356 e. The van der Waals surface area contributed by atoms with E-state index in [9.17, 15) is 9.59 Å². The highest BCUT2D eigenvalue weighted by Crippen LogP contribution is 2.39. The fourth-order valence-electron chi connectivity index (χ4n) is 2.77. The van der Waals surface area contributed by atoms with Crippen molar-refractivity contribution in [3.8, 4) is 0 Å². The maximum atomic E-state index is 11.4. The monoisotopic (exact) mass is 228 g/mol. The van der Waals surface area contributed by atoms with Crippen molar-refractivity contribution in [1.29, 1.82) is 0 Å². The van der Waals surface area contributed by atoms with E-state index < -0.39 is 6.03 Å². The van der Waals surface area contributed by atoms with E-state index in [2.05, 4.69) is 16.4 Å². The van der Waals surface area contributed by atoms with Crippen molar-refractivity contribution >= 4 is 17.8 Å². The van der Waals surface area contributed by atoms with Gasteiger partial charge in [0.2, 0.25) is 6.08 Å². The Balaban J connectivity index is 2.03. The van der Waals surface area contributed by atoms with Gasteiger partial charge in [-0.3, -0.25) is 0 Å². The smallest absolute Gasteiger partial charge is 0.305 e. The summed E-state index contributed by atoms with van der Waals surface area (Å²) < 4.78 is 0. The topological polar surface area (TPSA) is 58.5 Å². The minimum Gasteiger partial charge on any atom is -0.305 e. The zero-order valence-corrected chi connectivity index (χ0v) is 9.38. The van der Waals surface area contributed by atoms with Crippen LogP contribution in [0.25, 0.3) is 0 Å². The lowest BCUT2D eigenvalue weighted by Crippen LogP contribution is -2.18. The summed E-state index contributed by atoms with van der Waals surface area (Å²) in [5.41, 5.74) is 6.04. The Morgan fingerprint density at radius 2 is 1.94 bits per heavy atom. The number of hydrogen-bond donors (Lipinski definition) is 1. The molecule has 4 nitrogen and oxygen atoms in total. The Hall–Kier alpha value is -1.93. The minimum absolute atomic E-state index is 0.616. The average molecular weight is 228 g/mol. The predicted molar refractivity (Wildman–Crippen MR) is 63.0 cm³/mol. The van der Waals surface area contributed by atoms with Crippen molar-refractivity contribution in [2.24, 2.45) is 4.99 Å². The third kappa shape index (κ3) is 1.58. The molecular weight excluding hydrogens is 216 g/mol. The lowest BCUT2D eigenvalue weighted by atomic mass is 9.83. The molecule has 0 heterocycles. The maximum Gasteiger partial charge on any atom is 0.356 e.